The number of amides is 1. The van der Waals surface area contributed by atoms with Gasteiger partial charge in [0.1, 0.15) is 17.0 Å². The van der Waals surface area contributed by atoms with Gasteiger partial charge in [-0.05, 0) is 32.0 Å². The first kappa shape index (κ1) is 29.8. The number of benzene rings is 1. The van der Waals surface area contributed by atoms with Gasteiger partial charge in [0, 0.05) is 37.2 Å². The maximum atomic E-state index is 13.4. The van der Waals surface area contributed by atoms with Crippen LogP contribution in [0.25, 0.3) is 10.3 Å². The smallest absolute Gasteiger partial charge is 0.280 e. The maximum absolute atomic E-state index is 13.4. The lowest BCUT2D eigenvalue weighted by Gasteiger charge is -2.18. The van der Waals surface area contributed by atoms with Gasteiger partial charge < -0.3 is 25.2 Å². The third-order valence-corrected chi connectivity index (χ3v) is 8.44. The van der Waals surface area contributed by atoms with Gasteiger partial charge in [0.25, 0.3) is 5.91 Å². The fourth-order valence-corrected chi connectivity index (χ4v) is 5.51. The summed E-state index contributed by atoms with van der Waals surface area (Å²) in [4.78, 5) is 28.3. The van der Waals surface area contributed by atoms with E-state index in [1.54, 1.807) is 12.1 Å². The highest BCUT2D eigenvalue weighted by molar-refractivity contribution is 7.89. The van der Waals surface area contributed by atoms with Crippen molar-refractivity contribution in [2.75, 3.05) is 45.3 Å². The van der Waals surface area contributed by atoms with Gasteiger partial charge in [-0.2, -0.15) is 4.31 Å². The minimum atomic E-state index is -3.82. The van der Waals surface area contributed by atoms with Crippen molar-refractivity contribution in [2.45, 2.75) is 36.8 Å². The fraction of sp³-hybridized carbons (Fsp3) is 0.440. The third kappa shape index (κ3) is 7.50. The number of rotatable bonds is 12. The number of anilines is 1. The van der Waals surface area contributed by atoms with Crippen LogP contribution in [0.2, 0.25) is 0 Å². The first-order chi connectivity index (χ1) is 19.0. The number of carbonyl (C=O) groups excluding carboxylic acids is 1. The van der Waals surface area contributed by atoms with E-state index in [0.29, 0.717) is 41.4 Å². The van der Waals surface area contributed by atoms with E-state index in [9.17, 15) is 13.2 Å². The van der Waals surface area contributed by atoms with E-state index in [1.807, 2.05) is 13.8 Å². The van der Waals surface area contributed by atoms with Crippen molar-refractivity contribution in [3.63, 3.8) is 0 Å². The van der Waals surface area contributed by atoms with Crippen LogP contribution < -0.4 is 15.8 Å². The molecule has 13 nitrogen and oxygen atoms in total. The fourth-order valence-electron chi connectivity index (χ4n) is 3.52. The molecule has 1 atom stereocenters. The Morgan fingerprint density at radius 2 is 2.02 bits per heavy atom. The molecule has 0 bridgehead atoms. The summed E-state index contributed by atoms with van der Waals surface area (Å²) >= 11 is 1.16. The zero-order valence-corrected chi connectivity index (χ0v) is 24.0. The Labute approximate surface area is 236 Å². The second-order valence-electron chi connectivity index (χ2n) is 9.83. The average Bonchev–Trinajstić information content (AvgIpc) is 3.57. The molecule has 0 aliphatic carbocycles. The van der Waals surface area contributed by atoms with Crippen molar-refractivity contribution in [1.82, 2.24) is 14.3 Å². The Bertz CT molecular complexity index is 1460. The largest absolute Gasteiger partial charge is 0.476 e. The van der Waals surface area contributed by atoms with Gasteiger partial charge in [-0.15, -0.1) is 0 Å². The number of aliphatic hydroxyl groups excluding tert-OH is 1. The number of nitrogens with one attached hydrogen (secondary N) is 1. The summed E-state index contributed by atoms with van der Waals surface area (Å²) in [5, 5.41) is 16.2. The molecule has 216 valence electrons. The first-order valence-corrected chi connectivity index (χ1v) is 14.7. The predicted molar refractivity (Wildman–Crippen MR) is 150 cm³/mol. The van der Waals surface area contributed by atoms with Gasteiger partial charge in [0.05, 0.1) is 24.7 Å². The molecule has 4 rings (SSSR count). The van der Waals surface area contributed by atoms with Gasteiger partial charge in [-0.25, -0.2) is 18.4 Å². The number of thiazole rings is 1. The Balaban J connectivity index is 1.56. The number of pyridine rings is 1. The molecule has 0 saturated carbocycles. The van der Waals surface area contributed by atoms with Crippen molar-refractivity contribution in [3.05, 3.63) is 42.0 Å². The number of nitrogens with zero attached hydrogens (tertiary/aromatic N) is 4. The Morgan fingerprint density at radius 1 is 1.27 bits per heavy atom. The molecule has 1 aliphatic rings. The molecule has 3 heterocycles. The Morgan fingerprint density at radius 3 is 2.67 bits per heavy atom. The van der Waals surface area contributed by atoms with Gasteiger partial charge in [0.2, 0.25) is 15.9 Å². The van der Waals surface area contributed by atoms with E-state index in [4.69, 9.17) is 25.2 Å². The number of oxime groups is 1. The van der Waals surface area contributed by atoms with Crippen molar-refractivity contribution < 1.29 is 32.6 Å². The minimum Gasteiger partial charge on any atom is -0.476 e. The van der Waals surface area contributed by atoms with Crippen LogP contribution in [0.5, 0.6) is 5.88 Å². The van der Waals surface area contributed by atoms with Gasteiger partial charge in [0.15, 0.2) is 16.9 Å². The van der Waals surface area contributed by atoms with E-state index in [2.05, 4.69) is 20.4 Å². The average molecular weight is 593 g/mol. The number of sulfonamides is 1. The number of nitrogens with two attached hydrogens (primary N) is 1. The predicted octanol–water partition coefficient (Wildman–Crippen LogP) is 1.57. The van der Waals surface area contributed by atoms with E-state index >= 15 is 0 Å². The number of ether oxygens (including phenoxy) is 2. The second-order valence-corrected chi connectivity index (χ2v) is 12.9. The summed E-state index contributed by atoms with van der Waals surface area (Å²) in [7, 11) is -2.44. The van der Waals surface area contributed by atoms with Crippen molar-refractivity contribution in [3.8, 4) is 5.88 Å². The normalized spacial score (nSPS) is 16.4. The van der Waals surface area contributed by atoms with Gasteiger partial charge in [-0.3, -0.25) is 10.1 Å². The lowest BCUT2D eigenvalue weighted by molar-refractivity contribution is -0.110. The highest BCUT2D eigenvalue weighted by atomic mass is 32.2. The molecule has 1 aromatic carbocycles. The number of hydrogen-bond donors (Lipinski definition) is 3. The van der Waals surface area contributed by atoms with Crippen LogP contribution in [0.3, 0.4) is 0 Å². The molecule has 1 fully saturated rings. The van der Waals surface area contributed by atoms with Crippen molar-refractivity contribution in [2.24, 2.45) is 10.9 Å². The standard InChI is InChI=1S/C25H32N6O7S2/c1-25(2,26)15-37-20-9-8-19-23(28-20)39-24(27-19)29-22(33)21(30-38-17-10-13-36-14-17)16-4-6-18(7-5-16)40(34,35)31(3)11-12-32/h4-9,17,32H,10-15,26H2,1-3H3,(H,27,29,33)/b30-21+/t17-/m1/s1. The van der Waals surface area contributed by atoms with Crippen LogP contribution in [0.1, 0.15) is 25.8 Å². The van der Waals surface area contributed by atoms with E-state index in [1.165, 1.54) is 31.3 Å². The Kier molecular flexibility index (Phi) is 9.33. The van der Waals surface area contributed by atoms with Gasteiger partial charge >= 0.3 is 0 Å². The molecule has 3 aromatic rings. The molecule has 4 N–H and O–H groups in total. The highest BCUT2D eigenvalue weighted by Gasteiger charge is 2.24. The quantitative estimate of drug-likeness (QED) is 0.206. The molecule has 40 heavy (non-hydrogen) atoms. The molecule has 15 heteroatoms. The van der Waals surface area contributed by atoms with Crippen LogP contribution in [-0.2, 0) is 24.4 Å². The topological polar surface area (TPSA) is 179 Å². The monoisotopic (exact) mass is 592 g/mol. The van der Waals surface area contributed by atoms with Crippen LogP contribution >= 0.6 is 11.3 Å². The van der Waals surface area contributed by atoms with Crippen LogP contribution in [0, 0.1) is 0 Å². The van der Waals surface area contributed by atoms with Gasteiger partial charge in [-0.1, -0.05) is 28.6 Å². The first-order valence-electron chi connectivity index (χ1n) is 12.5. The number of carbonyl (C=O) groups is 1. The molecule has 0 radical (unpaired) electrons. The Hall–Kier alpha value is -3.21. The minimum absolute atomic E-state index is 0.00497. The maximum Gasteiger partial charge on any atom is 0.280 e. The summed E-state index contributed by atoms with van der Waals surface area (Å²) in [6, 6.07) is 9.08. The number of likely N-dealkylation sites (N-methyl/N-ethyl adjacent to an activating group) is 1. The lowest BCUT2D eigenvalue weighted by atomic mass is 10.1. The second kappa shape index (κ2) is 12.5. The molecular formula is C25H32N6O7S2. The van der Waals surface area contributed by atoms with E-state index in [0.717, 1.165) is 15.6 Å². The van der Waals surface area contributed by atoms with Crippen LogP contribution in [0.4, 0.5) is 5.13 Å². The van der Waals surface area contributed by atoms with E-state index < -0.39 is 21.5 Å². The van der Waals surface area contributed by atoms with E-state index in [-0.39, 0.29) is 41.6 Å². The summed E-state index contributed by atoms with van der Waals surface area (Å²) < 4.78 is 37.4. The summed E-state index contributed by atoms with van der Waals surface area (Å²) in [6.45, 7) is 4.48. The van der Waals surface area contributed by atoms with Crippen molar-refractivity contribution >= 4 is 48.5 Å². The molecular weight excluding hydrogens is 560 g/mol. The lowest BCUT2D eigenvalue weighted by Crippen LogP contribution is -2.38. The summed E-state index contributed by atoms with van der Waals surface area (Å²) in [6.07, 6.45) is 0.320. The number of aromatic nitrogens is 2. The summed E-state index contributed by atoms with van der Waals surface area (Å²) in [5.74, 6) is -0.214. The third-order valence-electron chi connectivity index (χ3n) is 5.69. The molecule has 0 unspecified atom stereocenters. The van der Waals surface area contributed by atoms with Crippen LogP contribution in [0.15, 0.2) is 46.4 Å². The SMILES string of the molecule is CN(CCO)S(=O)(=O)c1ccc(/C(=N\O[C@@H]2CCOC2)C(=O)Nc2nc3ccc(OCC(C)(C)N)nc3s2)cc1. The molecule has 2 aromatic heterocycles. The molecule has 1 saturated heterocycles. The number of hydrogen-bond acceptors (Lipinski definition) is 12. The molecule has 0 spiro atoms. The number of fused-ring (bicyclic) bond motifs is 1. The van der Waals surface area contributed by atoms with Crippen LogP contribution in [-0.4, -0.2) is 91.1 Å². The highest BCUT2D eigenvalue weighted by Crippen LogP contribution is 2.27. The molecule has 1 amide bonds. The molecule has 1 aliphatic heterocycles. The summed E-state index contributed by atoms with van der Waals surface area (Å²) in [5.41, 5.74) is 6.28. The van der Waals surface area contributed by atoms with Crippen molar-refractivity contribution in [1.29, 1.82) is 0 Å². The number of aliphatic hydroxyl groups is 1. The zero-order chi connectivity index (χ0) is 28.9. The zero-order valence-electron chi connectivity index (χ0n) is 22.4.